The fourth-order valence-corrected chi connectivity index (χ4v) is 6.11. The van der Waals surface area contributed by atoms with E-state index >= 15 is 0 Å². The highest BCUT2D eigenvalue weighted by Crippen LogP contribution is 2.24. The normalized spacial score (nSPS) is 18.0. The van der Waals surface area contributed by atoms with Crippen LogP contribution in [0.5, 0.6) is 0 Å². The van der Waals surface area contributed by atoms with E-state index in [1.807, 2.05) is 30.0 Å². The number of hydrogen-bond acceptors (Lipinski definition) is 4. The van der Waals surface area contributed by atoms with Crippen LogP contribution in [-0.2, 0) is 22.4 Å². The Balaban J connectivity index is 1.51. The molecule has 8 nitrogen and oxygen atoms in total. The summed E-state index contributed by atoms with van der Waals surface area (Å²) in [6.45, 7) is 8.33. The van der Waals surface area contributed by atoms with E-state index in [4.69, 9.17) is 23.1 Å². The first-order chi connectivity index (χ1) is 20.1. The van der Waals surface area contributed by atoms with Gasteiger partial charge in [0, 0.05) is 56.6 Å². The number of nitrogens with two attached hydrogens (primary N) is 2. The first kappa shape index (κ1) is 31.3. The summed E-state index contributed by atoms with van der Waals surface area (Å²) in [7, 11) is 0. The molecule has 0 unspecified atom stereocenters. The summed E-state index contributed by atoms with van der Waals surface area (Å²) in [6.07, 6.45) is 2.84. The van der Waals surface area contributed by atoms with E-state index in [-0.39, 0.29) is 29.9 Å². The van der Waals surface area contributed by atoms with Crippen molar-refractivity contribution in [2.75, 3.05) is 26.2 Å². The molecule has 1 aliphatic heterocycles. The minimum Gasteiger partial charge on any atom is -0.370 e. The number of piperazine rings is 1. The van der Waals surface area contributed by atoms with Gasteiger partial charge in [-0.25, -0.2) is 0 Å². The molecule has 1 saturated heterocycles. The van der Waals surface area contributed by atoms with Crippen molar-refractivity contribution in [1.82, 2.24) is 15.1 Å². The molecule has 1 aliphatic rings. The number of guanidine groups is 1. The number of nitrogens with zero attached hydrogens (tertiary/aromatic N) is 3. The van der Waals surface area contributed by atoms with Crippen molar-refractivity contribution in [1.29, 1.82) is 0 Å². The molecule has 0 aromatic heterocycles. The molecule has 1 heterocycles. The molecule has 3 atom stereocenters. The molecule has 42 heavy (non-hydrogen) atoms. The maximum Gasteiger partial charge on any atom is 0.245 e. The summed E-state index contributed by atoms with van der Waals surface area (Å²) in [5, 5.41) is 6.06. The Morgan fingerprint density at radius 2 is 1.83 bits per heavy atom. The molecule has 9 heteroatoms. The Labute approximate surface area is 254 Å². The van der Waals surface area contributed by atoms with Gasteiger partial charge < -0.3 is 21.7 Å². The van der Waals surface area contributed by atoms with Crippen molar-refractivity contribution in [3.63, 3.8) is 0 Å². The van der Waals surface area contributed by atoms with Gasteiger partial charge in [-0.2, -0.15) is 0 Å². The molecular weight excluding hydrogens is 548 g/mol. The zero-order valence-corrected chi connectivity index (χ0v) is 25.6. The number of halogens is 1. The number of amides is 2. The Morgan fingerprint density at radius 1 is 1.07 bits per heavy atom. The molecule has 224 valence electrons. The van der Waals surface area contributed by atoms with Crippen molar-refractivity contribution >= 4 is 40.1 Å². The predicted octanol–water partition coefficient (Wildman–Crippen LogP) is 4.05. The van der Waals surface area contributed by atoms with E-state index in [1.165, 1.54) is 23.3 Å². The Kier molecular flexibility index (Phi) is 10.8. The van der Waals surface area contributed by atoms with Gasteiger partial charge in [0.05, 0.1) is 0 Å². The quantitative estimate of drug-likeness (QED) is 0.177. The third kappa shape index (κ3) is 8.46. The van der Waals surface area contributed by atoms with Crippen molar-refractivity contribution in [3.8, 4) is 0 Å². The first-order valence-corrected chi connectivity index (χ1v) is 15.1. The maximum absolute atomic E-state index is 14.1. The highest BCUT2D eigenvalue weighted by molar-refractivity contribution is 6.30. The number of rotatable bonds is 11. The van der Waals surface area contributed by atoms with E-state index in [9.17, 15) is 9.59 Å². The Hall–Kier alpha value is -3.62. The van der Waals surface area contributed by atoms with Crippen molar-refractivity contribution < 1.29 is 9.59 Å². The number of aliphatic imine (C=N–C) groups is 1. The largest absolute Gasteiger partial charge is 0.370 e. The lowest BCUT2D eigenvalue weighted by Gasteiger charge is -2.46. The second-order valence-corrected chi connectivity index (χ2v) is 11.8. The van der Waals surface area contributed by atoms with E-state index in [0.29, 0.717) is 24.5 Å². The molecule has 3 aromatic carbocycles. The van der Waals surface area contributed by atoms with Crippen LogP contribution >= 0.6 is 11.6 Å². The van der Waals surface area contributed by atoms with Gasteiger partial charge in [0.1, 0.15) is 6.04 Å². The van der Waals surface area contributed by atoms with E-state index in [1.54, 1.807) is 0 Å². The summed E-state index contributed by atoms with van der Waals surface area (Å²) in [6, 6.07) is 20.2. The molecule has 0 radical (unpaired) electrons. The molecule has 2 amide bonds. The second kappa shape index (κ2) is 14.5. The van der Waals surface area contributed by atoms with Gasteiger partial charge >= 0.3 is 0 Å². The number of hydrogen-bond donors (Lipinski definition) is 3. The van der Waals surface area contributed by atoms with Crippen molar-refractivity contribution in [3.05, 3.63) is 82.4 Å². The van der Waals surface area contributed by atoms with Gasteiger partial charge in [-0.3, -0.25) is 19.5 Å². The Bertz CT molecular complexity index is 1420. The summed E-state index contributed by atoms with van der Waals surface area (Å²) in [5.74, 6) is -0.222. The van der Waals surface area contributed by atoms with Gasteiger partial charge in [-0.1, -0.05) is 60.1 Å². The molecule has 0 saturated carbocycles. The molecule has 0 aliphatic carbocycles. The summed E-state index contributed by atoms with van der Waals surface area (Å²) >= 11 is 6.17. The van der Waals surface area contributed by atoms with Gasteiger partial charge in [0.2, 0.25) is 11.8 Å². The van der Waals surface area contributed by atoms with Crippen LogP contribution in [0.15, 0.2) is 65.7 Å². The first-order valence-electron chi connectivity index (χ1n) is 14.7. The van der Waals surface area contributed by atoms with E-state index in [0.717, 1.165) is 43.5 Å². The third-order valence-corrected chi connectivity index (χ3v) is 8.38. The van der Waals surface area contributed by atoms with Crippen LogP contribution < -0.4 is 16.8 Å². The number of carbonyl (C=O) groups is 2. The van der Waals surface area contributed by atoms with Crippen LogP contribution in [0.4, 0.5) is 0 Å². The standard InChI is InChI=1S/C33H43ClN6O2/c1-22-17-29(34)13-12-27(22)19-31(38-24(3)41)32(42)40-20-23(2)39(21-30(40)9-6-15-37-33(35)36)16-14-25-10-11-26-7-4-5-8-28(26)18-25/h4-5,7-8,10-13,17-18,23,30-31H,6,9,14-16,19-21H2,1-3H3,(H,38,41)(H4,35,36,37)/t23-,30+,31-/m1/s1. The summed E-state index contributed by atoms with van der Waals surface area (Å²) in [4.78, 5) is 34.9. The van der Waals surface area contributed by atoms with Crippen LogP contribution in [0.25, 0.3) is 10.8 Å². The highest BCUT2D eigenvalue weighted by atomic mass is 35.5. The molecule has 5 N–H and O–H groups in total. The van der Waals surface area contributed by atoms with E-state index in [2.05, 4.69) is 64.6 Å². The van der Waals surface area contributed by atoms with Crippen LogP contribution in [0.1, 0.15) is 43.4 Å². The number of carbonyl (C=O) groups excluding carboxylic acids is 2. The maximum atomic E-state index is 14.1. The van der Waals surface area contributed by atoms with Crippen LogP contribution in [0.2, 0.25) is 5.02 Å². The molecule has 0 spiro atoms. The van der Waals surface area contributed by atoms with Crippen LogP contribution in [0, 0.1) is 6.92 Å². The zero-order valence-electron chi connectivity index (χ0n) is 24.9. The number of benzene rings is 3. The topological polar surface area (TPSA) is 117 Å². The number of aryl methyl sites for hydroxylation is 1. The average molecular weight is 591 g/mol. The van der Waals surface area contributed by atoms with Gasteiger partial charge in [0.25, 0.3) is 0 Å². The SMILES string of the molecule is CC(=O)N[C@H](Cc1ccc(Cl)cc1C)C(=O)N1C[C@@H](C)N(CCc2ccc3ccccc3c2)C[C@@H]1CCCN=C(N)N. The minimum atomic E-state index is -0.668. The molecular formula is C33H43ClN6O2. The second-order valence-electron chi connectivity index (χ2n) is 11.4. The van der Waals surface area contributed by atoms with Gasteiger partial charge in [0.15, 0.2) is 5.96 Å². The van der Waals surface area contributed by atoms with Gasteiger partial charge in [-0.05, 0) is 72.7 Å². The van der Waals surface area contributed by atoms with Crippen LogP contribution in [0.3, 0.4) is 0 Å². The summed E-state index contributed by atoms with van der Waals surface area (Å²) in [5.41, 5.74) is 14.4. The average Bonchev–Trinajstić information content (AvgIpc) is 2.95. The highest BCUT2D eigenvalue weighted by Gasteiger charge is 2.37. The van der Waals surface area contributed by atoms with Crippen molar-refractivity contribution in [2.45, 2.75) is 64.6 Å². The summed E-state index contributed by atoms with van der Waals surface area (Å²) < 4.78 is 0. The molecule has 3 aromatic rings. The number of nitrogens with one attached hydrogen (secondary N) is 1. The third-order valence-electron chi connectivity index (χ3n) is 8.15. The monoisotopic (exact) mass is 590 g/mol. The fraction of sp³-hybridized carbons (Fsp3) is 0.424. The lowest BCUT2D eigenvalue weighted by atomic mass is 9.96. The molecule has 1 fully saturated rings. The minimum absolute atomic E-state index is 0.0259. The Morgan fingerprint density at radius 3 is 2.55 bits per heavy atom. The van der Waals surface area contributed by atoms with Gasteiger partial charge in [-0.15, -0.1) is 0 Å². The lowest BCUT2D eigenvalue weighted by molar-refractivity contribution is -0.142. The van der Waals surface area contributed by atoms with E-state index < -0.39 is 6.04 Å². The molecule has 0 bridgehead atoms. The lowest BCUT2D eigenvalue weighted by Crippen LogP contribution is -2.62. The smallest absolute Gasteiger partial charge is 0.245 e. The van der Waals surface area contributed by atoms with Crippen molar-refractivity contribution in [2.24, 2.45) is 16.5 Å². The number of fused-ring (bicyclic) bond motifs is 1. The van der Waals surface area contributed by atoms with Crippen LogP contribution in [-0.4, -0.2) is 71.9 Å². The fourth-order valence-electron chi connectivity index (χ4n) is 5.88. The molecule has 4 rings (SSSR count). The predicted molar refractivity (Wildman–Crippen MR) is 172 cm³/mol. The zero-order chi connectivity index (χ0) is 30.2.